The smallest absolute Gasteiger partial charge is 0.307 e. The minimum absolute atomic E-state index is 0.00281. The fourth-order valence-corrected chi connectivity index (χ4v) is 5.13. The summed E-state index contributed by atoms with van der Waals surface area (Å²) in [5.74, 6) is -5.29. The lowest BCUT2D eigenvalue weighted by atomic mass is 10.1. The van der Waals surface area contributed by atoms with Crippen LogP contribution in [0.2, 0.25) is 0 Å². The summed E-state index contributed by atoms with van der Waals surface area (Å²) < 4.78 is 13.3. The molecule has 0 saturated carbocycles. The minimum Gasteiger partial charge on any atom is -0.481 e. The van der Waals surface area contributed by atoms with E-state index in [-0.39, 0.29) is 17.8 Å². The first-order valence-corrected chi connectivity index (χ1v) is 10.8. The summed E-state index contributed by atoms with van der Waals surface area (Å²) in [5, 5.41) is 32.2. The number of rotatable bonds is 11. The number of hydrogen-bond donors (Lipinski definition) is 4. The number of nitrogens with zero attached hydrogens (tertiary/aromatic N) is 1. The van der Waals surface area contributed by atoms with E-state index in [2.05, 4.69) is 5.32 Å². The highest BCUT2D eigenvalue weighted by molar-refractivity contribution is 7.58. The normalized spacial score (nSPS) is 14.8. The van der Waals surface area contributed by atoms with Crippen molar-refractivity contribution in [1.82, 2.24) is 0 Å². The molecule has 3 unspecified atom stereocenters. The number of aliphatic carboxylic acids is 2. The number of carbonyl (C=O) groups is 2. The summed E-state index contributed by atoms with van der Waals surface area (Å²) in [6.45, 7) is 0. The average Bonchev–Trinajstić information content (AvgIpc) is 2.69. The Bertz CT molecular complexity index is 966. The fourth-order valence-electron chi connectivity index (χ4n) is 2.97. The van der Waals surface area contributed by atoms with E-state index in [1.165, 1.54) is 24.3 Å². The van der Waals surface area contributed by atoms with Gasteiger partial charge in [-0.1, -0.05) is 42.5 Å². The van der Waals surface area contributed by atoms with Gasteiger partial charge in [0.15, 0.2) is 0 Å². The van der Waals surface area contributed by atoms with Crippen molar-refractivity contribution in [2.24, 2.45) is 5.92 Å². The summed E-state index contributed by atoms with van der Waals surface area (Å²) in [6.07, 6.45) is -1.48. The fraction of sp³-hybridized carbons (Fsp3) is 0.263. The Balaban J connectivity index is 2.41. The number of nitro benzene ring substituents is 1. The van der Waals surface area contributed by atoms with E-state index in [4.69, 9.17) is 5.11 Å². The lowest BCUT2D eigenvalue weighted by molar-refractivity contribution is -0.384. The van der Waals surface area contributed by atoms with Gasteiger partial charge in [0.25, 0.3) is 5.69 Å². The number of para-hydroxylation sites is 2. The average molecular weight is 436 g/mol. The number of nitro groups is 1. The van der Waals surface area contributed by atoms with Gasteiger partial charge in [-0.05, 0) is 18.1 Å². The molecule has 2 aromatic carbocycles. The van der Waals surface area contributed by atoms with E-state index in [1.807, 2.05) is 0 Å². The van der Waals surface area contributed by atoms with Crippen LogP contribution in [0.3, 0.4) is 0 Å². The van der Waals surface area contributed by atoms with Gasteiger partial charge in [-0.3, -0.25) is 24.3 Å². The van der Waals surface area contributed by atoms with Crippen molar-refractivity contribution >= 4 is 30.7 Å². The van der Waals surface area contributed by atoms with E-state index in [1.54, 1.807) is 30.3 Å². The first-order chi connectivity index (χ1) is 14.1. The third-order valence-corrected chi connectivity index (χ3v) is 6.65. The molecule has 11 heteroatoms. The number of hydrogen-bond acceptors (Lipinski definition) is 6. The predicted molar refractivity (Wildman–Crippen MR) is 109 cm³/mol. The van der Waals surface area contributed by atoms with Gasteiger partial charge in [0, 0.05) is 18.6 Å². The maximum Gasteiger partial charge on any atom is 0.307 e. The minimum atomic E-state index is -4.32. The van der Waals surface area contributed by atoms with E-state index >= 15 is 0 Å². The second-order valence-corrected chi connectivity index (χ2v) is 9.03. The highest BCUT2D eigenvalue weighted by atomic mass is 31.2. The molecular weight excluding hydrogens is 415 g/mol. The van der Waals surface area contributed by atoms with Crippen molar-refractivity contribution in [2.45, 2.75) is 18.6 Å². The van der Waals surface area contributed by atoms with Crippen LogP contribution < -0.4 is 5.32 Å². The molecule has 0 aliphatic heterocycles. The van der Waals surface area contributed by atoms with E-state index in [0.29, 0.717) is 5.56 Å². The first kappa shape index (κ1) is 23.1. The number of nitrogens with one attached hydrogen (secondary N) is 1. The lowest BCUT2D eigenvalue weighted by Crippen LogP contribution is -2.23. The summed E-state index contributed by atoms with van der Waals surface area (Å²) in [5.41, 5.74) is 0.0333. The standard InChI is InChI=1S/C19H21N2O8P/c22-17(23)11-10-14(19(24)25)12-30(28,29)18(13-6-2-1-3-7-13)20-15-8-4-5-9-16(15)21(26)27/h1-9,14,18,20H,10-12H2,(H,22,23)(H,24,25)(H,28,29). The zero-order chi connectivity index (χ0) is 22.3. The zero-order valence-corrected chi connectivity index (χ0v) is 16.6. The topological polar surface area (TPSA) is 167 Å². The molecule has 0 bridgehead atoms. The second-order valence-electron chi connectivity index (χ2n) is 6.64. The second kappa shape index (κ2) is 10.00. The van der Waals surface area contributed by atoms with Gasteiger partial charge in [-0.25, -0.2) is 0 Å². The van der Waals surface area contributed by atoms with Gasteiger partial charge < -0.3 is 20.4 Å². The Hall–Kier alpha value is -3.23. The molecule has 0 saturated heterocycles. The van der Waals surface area contributed by atoms with Crippen LogP contribution in [0.25, 0.3) is 0 Å². The number of carboxylic acids is 2. The third kappa shape index (κ3) is 6.13. The molecule has 10 nitrogen and oxygen atoms in total. The van der Waals surface area contributed by atoms with E-state index in [9.17, 15) is 34.3 Å². The molecule has 30 heavy (non-hydrogen) atoms. The third-order valence-electron chi connectivity index (χ3n) is 4.45. The molecule has 0 amide bonds. The summed E-state index contributed by atoms with van der Waals surface area (Å²) in [4.78, 5) is 43.8. The van der Waals surface area contributed by atoms with Crippen LogP contribution >= 0.6 is 7.37 Å². The molecule has 0 fully saturated rings. The van der Waals surface area contributed by atoms with Crippen molar-refractivity contribution in [3.05, 3.63) is 70.3 Å². The first-order valence-electron chi connectivity index (χ1n) is 8.93. The van der Waals surface area contributed by atoms with Gasteiger partial charge in [0.1, 0.15) is 11.5 Å². The molecular formula is C19H21N2O8P. The Morgan fingerprint density at radius 2 is 1.67 bits per heavy atom. The van der Waals surface area contributed by atoms with Crippen molar-refractivity contribution in [1.29, 1.82) is 0 Å². The molecule has 2 aromatic rings. The highest BCUT2D eigenvalue weighted by Crippen LogP contribution is 2.57. The molecule has 2 rings (SSSR count). The largest absolute Gasteiger partial charge is 0.481 e. The van der Waals surface area contributed by atoms with E-state index < -0.39 is 48.5 Å². The molecule has 0 spiro atoms. The lowest BCUT2D eigenvalue weighted by Gasteiger charge is -2.27. The number of benzene rings is 2. The maximum atomic E-state index is 13.3. The van der Waals surface area contributed by atoms with Crippen molar-refractivity contribution in [3.8, 4) is 0 Å². The Morgan fingerprint density at radius 1 is 1.07 bits per heavy atom. The molecule has 0 aliphatic rings. The van der Waals surface area contributed by atoms with Gasteiger partial charge in [0.05, 0.1) is 10.8 Å². The Kier molecular flexibility index (Phi) is 7.68. The van der Waals surface area contributed by atoms with Crippen LogP contribution in [-0.4, -0.2) is 38.1 Å². The SMILES string of the molecule is O=C(O)CCC(CP(=O)(O)C(Nc1ccccc1[N+](=O)[O-])c1ccccc1)C(=O)O. The van der Waals surface area contributed by atoms with Gasteiger partial charge in [-0.2, -0.15) is 0 Å². The summed E-state index contributed by atoms with van der Waals surface area (Å²) in [7, 11) is -4.32. The monoisotopic (exact) mass is 436 g/mol. The predicted octanol–water partition coefficient (Wildman–Crippen LogP) is 3.54. The highest BCUT2D eigenvalue weighted by Gasteiger charge is 2.38. The number of anilines is 1. The van der Waals surface area contributed by atoms with Gasteiger partial charge >= 0.3 is 11.9 Å². The Morgan fingerprint density at radius 3 is 2.23 bits per heavy atom. The van der Waals surface area contributed by atoms with Crippen LogP contribution in [0.1, 0.15) is 24.2 Å². The quantitative estimate of drug-likeness (QED) is 0.234. The maximum absolute atomic E-state index is 13.3. The molecule has 0 radical (unpaired) electrons. The van der Waals surface area contributed by atoms with Crippen LogP contribution in [0.5, 0.6) is 0 Å². The molecule has 160 valence electrons. The van der Waals surface area contributed by atoms with Crippen LogP contribution in [0, 0.1) is 16.0 Å². The van der Waals surface area contributed by atoms with Crippen LogP contribution in [-0.2, 0) is 14.2 Å². The van der Waals surface area contributed by atoms with Crippen molar-refractivity contribution in [2.75, 3.05) is 11.5 Å². The number of carboxylic acid groups (broad SMARTS) is 2. The molecule has 0 aromatic heterocycles. The molecule has 4 N–H and O–H groups in total. The van der Waals surface area contributed by atoms with Crippen LogP contribution in [0.15, 0.2) is 54.6 Å². The van der Waals surface area contributed by atoms with Gasteiger partial charge in [0.2, 0.25) is 7.37 Å². The summed E-state index contributed by atoms with van der Waals surface area (Å²) >= 11 is 0. The Labute approximate surface area is 171 Å². The van der Waals surface area contributed by atoms with Gasteiger partial charge in [-0.15, -0.1) is 0 Å². The van der Waals surface area contributed by atoms with Crippen LogP contribution in [0.4, 0.5) is 11.4 Å². The zero-order valence-electron chi connectivity index (χ0n) is 15.7. The van der Waals surface area contributed by atoms with Crippen molar-refractivity contribution < 1.29 is 34.2 Å². The summed E-state index contributed by atoms with van der Waals surface area (Å²) in [6, 6.07) is 13.6. The molecule has 0 aliphatic carbocycles. The van der Waals surface area contributed by atoms with Crippen molar-refractivity contribution in [3.63, 3.8) is 0 Å². The molecule has 3 atom stereocenters. The molecule has 0 heterocycles. The van der Waals surface area contributed by atoms with E-state index in [0.717, 1.165) is 0 Å².